The summed E-state index contributed by atoms with van der Waals surface area (Å²) in [5.41, 5.74) is 9.01. The standard InChI is InChI=1S/C15H18N2O2S/c1-11-8-14(9-15(16)12(11)2)20(18,19)17-10-13-6-4-3-5-7-13/h3-9,17H,10,16H2,1-2H3. The molecule has 0 saturated carbocycles. The van der Waals surface area contributed by atoms with Gasteiger partial charge in [0.05, 0.1) is 4.90 Å². The summed E-state index contributed by atoms with van der Waals surface area (Å²) in [4.78, 5) is 0.203. The van der Waals surface area contributed by atoms with Crippen LogP contribution in [0.15, 0.2) is 47.4 Å². The molecule has 0 bridgehead atoms. The second kappa shape index (κ2) is 5.64. The Bertz CT molecular complexity index is 687. The molecule has 2 aromatic carbocycles. The molecule has 2 aromatic rings. The minimum absolute atomic E-state index is 0.203. The van der Waals surface area contributed by atoms with Gasteiger partial charge in [0.1, 0.15) is 0 Å². The average Bonchev–Trinajstić information content (AvgIpc) is 2.43. The number of hydrogen-bond donors (Lipinski definition) is 2. The van der Waals surface area contributed by atoms with Gasteiger partial charge in [0.2, 0.25) is 10.0 Å². The predicted molar refractivity (Wildman–Crippen MR) is 80.8 cm³/mol. The van der Waals surface area contributed by atoms with E-state index >= 15 is 0 Å². The summed E-state index contributed by atoms with van der Waals surface area (Å²) < 4.78 is 27.1. The van der Waals surface area contributed by atoms with E-state index in [0.717, 1.165) is 16.7 Å². The van der Waals surface area contributed by atoms with Gasteiger partial charge in [-0.1, -0.05) is 30.3 Å². The maximum atomic E-state index is 12.3. The van der Waals surface area contributed by atoms with E-state index in [-0.39, 0.29) is 11.4 Å². The fraction of sp³-hybridized carbons (Fsp3) is 0.200. The van der Waals surface area contributed by atoms with E-state index in [9.17, 15) is 8.42 Å². The van der Waals surface area contributed by atoms with Crippen LogP contribution >= 0.6 is 0 Å². The second-order valence-electron chi connectivity index (χ2n) is 4.76. The highest BCUT2D eigenvalue weighted by atomic mass is 32.2. The number of nitrogens with one attached hydrogen (secondary N) is 1. The molecule has 0 aliphatic heterocycles. The lowest BCUT2D eigenvalue weighted by molar-refractivity contribution is 0.581. The number of aryl methyl sites for hydroxylation is 1. The van der Waals surface area contributed by atoms with Gasteiger partial charge in [-0.3, -0.25) is 0 Å². The highest BCUT2D eigenvalue weighted by molar-refractivity contribution is 7.89. The summed E-state index contributed by atoms with van der Waals surface area (Å²) in [5, 5.41) is 0. The third-order valence-electron chi connectivity index (χ3n) is 3.30. The molecule has 0 heterocycles. The zero-order valence-electron chi connectivity index (χ0n) is 11.6. The van der Waals surface area contributed by atoms with Crippen molar-refractivity contribution in [3.05, 3.63) is 59.2 Å². The van der Waals surface area contributed by atoms with E-state index in [1.807, 2.05) is 44.2 Å². The first-order chi connectivity index (χ1) is 9.40. The molecule has 0 atom stereocenters. The van der Waals surface area contributed by atoms with Crippen LogP contribution in [0.5, 0.6) is 0 Å². The molecule has 0 aliphatic carbocycles. The number of nitrogens with two attached hydrogens (primary N) is 1. The van der Waals surface area contributed by atoms with Crippen LogP contribution in [0.4, 0.5) is 5.69 Å². The van der Waals surface area contributed by atoms with E-state index in [1.165, 1.54) is 6.07 Å². The van der Waals surface area contributed by atoms with E-state index in [1.54, 1.807) is 6.07 Å². The molecule has 0 saturated heterocycles. The van der Waals surface area contributed by atoms with Crippen molar-refractivity contribution in [1.82, 2.24) is 4.72 Å². The Morgan fingerprint density at radius 3 is 2.35 bits per heavy atom. The van der Waals surface area contributed by atoms with Gasteiger partial charge in [0, 0.05) is 12.2 Å². The lowest BCUT2D eigenvalue weighted by atomic mass is 10.1. The van der Waals surface area contributed by atoms with Crippen molar-refractivity contribution in [3.63, 3.8) is 0 Å². The minimum Gasteiger partial charge on any atom is -0.398 e. The van der Waals surface area contributed by atoms with Crippen LogP contribution in [-0.2, 0) is 16.6 Å². The lowest BCUT2D eigenvalue weighted by Crippen LogP contribution is -2.23. The average molecular weight is 290 g/mol. The molecule has 3 N–H and O–H groups in total. The summed E-state index contributed by atoms with van der Waals surface area (Å²) in [6.45, 7) is 3.98. The fourth-order valence-corrected chi connectivity index (χ4v) is 3.00. The molecular weight excluding hydrogens is 272 g/mol. The second-order valence-corrected chi connectivity index (χ2v) is 6.53. The Morgan fingerprint density at radius 2 is 1.75 bits per heavy atom. The number of rotatable bonds is 4. The minimum atomic E-state index is -3.55. The highest BCUT2D eigenvalue weighted by Gasteiger charge is 2.15. The van der Waals surface area contributed by atoms with Crippen molar-refractivity contribution in [3.8, 4) is 0 Å². The maximum Gasteiger partial charge on any atom is 0.240 e. The summed E-state index contributed by atoms with van der Waals surface area (Å²) >= 11 is 0. The van der Waals surface area contributed by atoms with Crippen LogP contribution in [0.1, 0.15) is 16.7 Å². The smallest absolute Gasteiger partial charge is 0.240 e. The Balaban J connectivity index is 2.23. The summed E-state index contributed by atoms with van der Waals surface area (Å²) in [6, 6.07) is 12.5. The number of hydrogen-bond acceptors (Lipinski definition) is 3. The zero-order chi connectivity index (χ0) is 14.8. The molecule has 0 radical (unpaired) electrons. The van der Waals surface area contributed by atoms with Gasteiger partial charge >= 0.3 is 0 Å². The summed E-state index contributed by atoms with van der Waals surface area (Å²) in [7, 11) is -3.55. The molecule has 0 aliphatic rings. The SMILES string of the molecule is Cc1cc(S(=O)(=O)NCc2ccccc2)cc(N)c1C. The van der Waals surface area contributed by atoms with E-state index in [4.69, 9.17) is 5.73 Å². The first kappa shape index (κ1) is 14.6. The maximum absolute atomic E-state index is 12.3. The topological polar surface area (TPSA) is 72.2 Å². The molecule has 0 fully saturated rings. The molecule has 5 heteroatoms. The first-order valence-electron chi connectivity index (χ1n) is 6.30. The highest BCUT2D eigenvalue weighted by Crippen LogP contribution is 2.21. The number of nitrogen functional groups attached to an aromatic ring is 1. The van der Waals surface area contributed by atoms with Gasteiger partial charge in [-0.05, 0) is 42.7 Å². The molecule has 4 nitrogen and oxygen atoms in total. The van der Waals surface area contributed by atoms with Crippen molar-refractivity contribution in [2.24, 2.45) is 0 Å². The van der Waals surface area contributed by atoms with Crippen molar-refractivity contribution in [1.29, 1.82) is 0 Å². The quantitative estimate of drug-likeness (QED) is 0.849. The molecule has 0 unspecified atom stereocenters. The zero-order valence-corrected chi connectivity index (χ0v) is 12.4. The monoisotopic (exact) mass is 290 g/mol. The number of anilines is 1. The van der Waals surface area contributed by atoms with Crippen molar-refractivity contribution in [2.45, 2.75) is 25.3 Å². The summed E-state index contributed by atoms with van der Waals surface area (Å²) in [5.74, 6) is 0. The molecule has 0 spiro atoms. The van der Waals surface area contributed by atoms with Crippen LogP contribution < -0.4 is 10.5 Å². The van der Waals surface area contributed by atoms with Crippen molar-refractivity contribution in [2.75, 3.05) is 5.73 Å². The Hall–Kier alpha value is -1.85. The molecule has 20 heavy (non-hydrogen) atoms. The first-order valence-corrected chi connectivity index (χ1v) is 7.79. The van der Waals surface area contributed by atoms with Crippen molar-refractivity contribution < 1.29 is 8.42 Å². The molecule has 0 aromatic heterocycles. The Labute approximate surface area is 119 Å². The van der Waals surface area contributed by atoms with Crippen LogP contribution in [0.3, 0.4) is 0 Å². The van der Waals surface area contributed by atoms with Crippen LogP contribution in [0.2, 0.25) is 0 Å². The molecular formula is C15H18N2O2S. The Morgan fingerprint density at radius 1 is 1.10 bits per heavy atom. The van der Waals surface area contributed by atoms with Gasteiger partial charge < -0.3 is 5.73 Å². The van der Waals surface area contributed by atoms with Crippen LogP contribution in [0.25, 0.3) is 0 Å². The molecule has 106 valence electrons. The third kappa shape index (κ3) is 3.18. The van der Waals surface area contributed by atoms with E-state index in [2.05, 4.69) is 4.72 Å². The van der Waals surface area contributed by atoms with Gasteiger partial charge in [-0.15, -0.1) is 0 Å². The summed E-state index contributed by atoms with van der Waals surface area (Å²) in [6.07, 6.45) is 0. The molecule has 2 rings (SSSR count). The fourth-order valence-electron chi connectivity index (χ4n) is 1.87. The van der Waals surface area contributed by atoms with E-state index in [0.29, 0.717) is 5.69 Å². The van der Waals surface area contributed by atoms with Gasteiger partial charge in [0.15, 0.2) is 0 Å². The van der Waals surface area contributed by atoms with Gasteiger partial charge in [-0.25, -0.2) is 13.1 Å². The predicted octanol–water partition coefficient (Wildman–Crippen LogP) is 2.36. The van der Waals surface area contributed by atoms with Gasteiger partial charge in [-0.2, -0.15) is 0 Å². The normalized spacial score (nSPS) is 11.5. The number of benzene rings is 2. The number of sulfonamides is 1. The largest absolute Gasteiger partial charge is 0.398 e. The third-order valence-corrected chi connectivity index (χ3v) is 4.68. The lowest BCUT2D eigenvalue weighted by Gasteiger charge is -2.11. The molecule has 0 amide bonds. The van der Waals surface area contributed by atoms with Crippen molar-refractivity contribution >= 4 is 15.7 Å². The van der Waals surface area contributed by atoms with E-state index < -0.39 is 10.0 Å². The Kier molecular flexibility index (Phi) is 4.11. The van der Waals surface area contributed by atoms with Crippen LogP contribution in [0, 0.1) is 13.8 Å². The van der Waals surface area contributed by atoms with Crippen LogP contribution in [-0.4, -0.2) is 8.42 Å². The van der Waals surface area contributed by atoms with Gasteiger partial charge in [0.25, 0.3) is 0 Å².